The van der Waals surface area contributed by atoms with Crippen LogP contribution in [0.25, 0.3) is 11.1 Å². The molecule has 2 nitrogen and oxygen atoms in total. The lowest BCUT2D eigenvalue weighted by molar-refractivity contribution is 0.161. The maximum absolute atomic E-state index is 8.87. The zero-order chi connectivity index (χ0) is 25.3. The highest BCUT2D eigenvalue weighted by Gasteiger charge is 2.29. The summed E-state index contributed by atoms with van der Waals surface area (Å²) in [5, 5.41) is 17.7. The van der Waals surface area contributed by atoms with Crippen molar-refractivity contribution in [3.8, 4) is 23.3 Å². The summed E-state index contributed by atoms with van der Waals surface area (Å²) >= 11 is 0. The molecule has 2 aromatic carbocycles. The number of nitriles is 2. The predicted molar refractivity (Wildman–Crippen MR) is 149 cm³/mol. The number of nitrogens with zero attached hydrogens (tertiary/aromatic N) is 2. The molecule has 3 aliphatic carbocycles. The molecule has 3 aliphatic rings. The molecule has 0 N–H and O–H groups in total. The maximum Gasteiger partial charge on any atom is 0.0991 e. The van der Waals surface area contributed by atoms with Crippen LogP contribution in [0.5, 0.6) is 0 Å². The quantitative estimate of drug-likeness (QED) is 0.439. The molecule has 0 aliphatic heterocycles. The van der Waals surface area contributed by atoms with Crippen molar-refractivity contribution in [3.05, 3.63) is 59.7 Å². The number of hydrogen-bond donors (Lipinski definition) is 0. The second-order valence-electron chi connectivity index (χ2n) is 12.0. The molecular formula is C34H44N2. The van der Waals surface area contributed by atoms with Gasteiger partial charge in [-0.15, -0.1) is 0 Å². The van der Waals surface area contributed by atoms with Crippen molar-refractivity contribution < 1.29 is 0 Å². The highest BCUT2D eigenvalue weighted by atomic mass is 14.4. The summed E-state index contributed by atoms with van der Waals surface area (Å²) in [4.78, 5) is 0. The van der Waals surface area contributed by atoms with E-state index in [9.17, 15) is 0 Å². The molecule has 36 heavy (non-hydrogen) atoms. The molecule has 5 rings (SSSR count). The van der Waals surface area contributed by atoms with Gasteiger partial charge in [-0.05, 0) is 110 Å². The van der Waals surface area contributed by atoms with E-state index in [1.54, 1.807) is 0 Å². The van der Waals surface area contributed by atoms with Gasteiger partial charge in [-0.2, -0.15) is 10.5 Å². The monoisotopic (exact) mass is 480 g/mol. The summed E-state index contributed by atoms with van der Waals surface area (Å²) in [5.74, 6) is 4.96. The molecule has 0 spiro atoms. The first kappa shape index (κ1) is 26.5. The van der Waals surface area contributed by atoms with Gasteiger partial charge in [0.25, 0.3) is 0 Å². The lowest BCUT2D eigenvalue weighted by Crippen LogP contribution is -2.24. The van der Waals surface area contributed by atoms with Crippen LogP contribution in [0.3, 0.4) is 0 Å². The minimum absolute atomic E-state index is 0.378. The van der Waals surface area contributed by atoms with Crippen molar-refractivity contribution in [2.45, 2.75) is 96.8 Å². The lowest BCUT2D eigenvalue weighted by atomic mass is 9.70. The van der Waals surface area contributed by atoms with E-state index in [2.05, 4.69) is 50.3 Å². The van der Waals surface area contributed by atoms with Gasteiger partial charge in [-0.1, -0.05) is 75.9 Å². The van der Waals surface area contributed by atoms with Crippen molar-refractivity contribution in [2.24, 2.45) is 29.6 Å². The zero-order valence-corrected chi connectivity index (χ0v) is 22.5. The molecule has 2 aromatic rings. The van der Waals surface area contributed by atoms with Crippen LogP contribution in [0, 0.1) is 52.3 Å². The molecule has 0 heterocycles. The van der Waals surface area contributed by atoms with Crippen molar-refractivity contribution in [3.63, 3.8) is 0 Å². The predicted octanol–water partition coefficient (Wildman–Crippen LogP) is 9.66. The zero-order valence-electron chi connectivity index (χ0n) is 22.5. The smallest absolute Gasteiger partial charge is 0.0991 e. The van der Waals surface area contributed by atoms with Gasteiger partial charge in [-0.25, -0.2) is 0 Å². The Bertz CT molecular complexity index is 999. The number of benzene rings is 2. The molecular weight excluding hydrogens is 436 g/mol. The highest BCUT2D eigenvalue weighted by molar-refractivity contribution is 5.64. The van der Waals surface area contributed by atoms with Gasteiger partial charge in [-0.3, -0.25) is 0 Å². The van der Waals surface area contributed by atoms with E-state index < -0.39 is 0 Å². The molecule has 3 fully saturated rings. The summed E-state index contributed by atoms with van der Waals surface area (Å²) < 4.78 is 0. The summed E-state index contributed by atoms with van der Waals surface area (Å²) in [5.41, 5.74) is 4.61. The van der Waals surface area contributed by atoms with Crippen molar-refractivity contribution >= 4 is 0 Å². The van der Waals surface area contributed by atoms with E-state index in [0.29, 0.717) is 11.5 Å². The molecule has 0 amide bonds. The van der Waals surface area contributed by atoms with Gasteiger partial charge in [0, 0.05) is 5.92 Å². The Morgan fingerprint density at radius 2 is 1.00 bits per heavy atom. The molecule has 0 aromatic heterocycles. The second-order valence-corrected chi connectivity index (χ2v) is 12.0. The third-order valence-corrected chi connectivity index (χ3v) is 9.43. The summed E-state index contributed by atoms with van der Waals surface area (Å²) in [7, 11) is 0. The van der Waals surface area contributed by atoms with E-state index >= 15 is 0 Å². The Balaban J connectivity index is 0.000000179. The fourth-order valence-electron chi connectivity index (χ4n) is 6.76. The van der Waals surface area contributed by atoms with Crippen LogP contribution in [0.15, 0.2) is 48.5 Å². The van der Waals surface area contributed by atoms with Crippen molar-refractivity contribution in [1.82, 2.24) is 0 Å². The first-order valence-electron chi connectivity index (χ1n) is 14.6. The summed E-state index contributed by atoms with van der Waals surface area (Å²) in [6.45, 7) is 4.76. The molecule has 0 unspecified atom stereocenters. The van der Waals surface area contributed by atoms with Crippen LogP contribution in [0.2, 0.25) is 0 Å². The molecule has 0 saturated heterocycles. The van der Waals surface area contributed by atoms with Crippen molar-refractivity contribution in [2.75, 3.05) is 0 Å². The average Bonchev–Trinajstić information content (AvgIpc) is 2.94. The maximum atomic E-state index is 8.87. The van der Waals surface area contributed by atoms with Gasteiger partial charge in [0.15, 0.2) is 0 Å². The van der Waals surface area contributed by atoms with Crippen molar-refractivity contribution in [1.29, 1.82) is 10.5 Å². The number of hydrogen-bond acceptors (Lipinski definition) is 2. The van der Waals surface area contributed by atoms with E-state index in [1.165, 1.54) is 93.7 Å². The highest BCUT2D eigenvalue weighted by Crippen LogP contribution is 2.41. The summed E-state index contributed by atoms with van der Waals surface area (Å²) in [6, 6.07) is 21.4. The molecule has 2 heteroatoms. The van der Waals surface area contributed by atoms with E-state index in [0.717, 1.165) is 29.6 Å². The van der Waals surface area contributed by atoms with E-state index in [4.69, 9.17) is 10.5 Å². The third-order valence-electron chi connectivity index (χ3n) is 9.43. The van der Waals surface area contributed by atoms with Gasteiger partial charge in [0.1, 0.15) is 0 Å². The van der Waals surface area contributed by atoms with E-state index in [-0.39, 0.29) is 0 Å². The van der Waals surface area contributed by atoms with E-state index in [1.807, 2.05) is 24.3 Å². The average molecular weight is 481 g/mol. The molecule has 0 bridgehead atoms. The first-order chi connectivity index (χ1) is 17.6. The topological polar surface area (TPSA) is 47.6 Å². The Morgan fingerprint density at radius 1 is 0.556 bits per heavy atom. The lowest BCUT2D eigenvalue weighted by Gasteiger charge is -2.35. The Morgan fingerprint density at radius 3 is 1.47 bits per heavy atom. The fraction of sp³-hybridized carbons (Fsp3) is 0.588. The van der Waals surface area contributed by atoms with Gasteiger partial charge >= 0.3 is 0 Å². The van der Waals surface area contributed by atoms with Crippen LogP contribution in [0.4, 0.5) is 0 Å². The normalized spacial score (nSPS) is 30.2. The number of rotatable bonds is 3. The largest absolute Gasteiger partial charge is 0.198 e. The van der Waals surface area contributed by atoms with Crippen LogP contribution >= 0.6 is 0 Å². The fourth-order valence-corrected chi connectivity index (χ4v) is 6.76. The SMILES string of the molecule is CC1CCC(C2CCC(C#N)CC2)CC1.CC1CCC(c2ccc(-c3ccc(C#N)cc3)cc2)CC1. The molecule has 0 atom stereocenters. The molecule has 190 valence electrons. The Hall–Kier alpha value is -2.58. The minimum Gasteiger partial charge on any atom is -0.198 e. The standard InChI is InChI=1S/C20H21N.C14H23N/c1-15-2-6-17(7-3-15)19-10-12-20(13-11-19)18-8-4-16(14-21)5-9-18;1-11-2-6-13(7-3-11)14-8-4-12(10-15)5-9-14/h4-5,8-13,15,17H,2-3,6-7H2,1H3;11-14H,2-9H2,1H3. The van der Waals surface area contributed by atoms with Gasteiger partial charge < -0.3 is 0 Å². The Labute approximate surface area is 219 Å². The van der Waals surface area contributed by atoms with Crippen LogP contribution in [0.1, 0.15) is 108 Å². The molecule has 0 radical (unpaired) electrons. The minimum atomic E-state index is 0.378. The summed E-state index contributed by atoms with van der Waals surface area (Å²) in [6.07, 6.45) is 16.2. The molecule has 3 saturated carbocycles. The van der Waals surface area contributed by atoms with Crippen LogP contribution < -0.4 is 0 Å². The van der Waals surface area contributed by atoms with Gasteiger partial charge in [0.2, 0.25) is 0 Å². The van der Waals surface area contributed by atoms with Crippen LogP contribution in [-0.4, -0.2) is 0 Å². The third kappa shape index (κ3) is 7.23. The van der Waals surface area contributed by atoms with Gasteiger partial charge in [0.05, 0.1) is 17.7 Å². The van der Waals surface area contributed by atoms with Crippen LogP contribution in [-0.2, 0) is 0 Å². The first-order valence-corrected chi connectivity index (χ1v) is 14.6. The second kappa shape index (κ2) is 13.1. The Kier molecular flexibility index (Phi) is 9.64.